The number of aromatic nitrogens is 2. The Hall–Kier alpha value is -2.96. The van der Waals surface area contributed by atoms with Gasteiger partial charge >= 0.3 is 6.09 Å². The molecule has 0 spiro atoms. The van der Waals surface area contributed by atoms with Crippen molar-refractivity contribution in [3.8, 4) is 0 Å². The van der Waals surface area contributed by atoms with Gasteiger partial charge in [0.05, 0.1) is 5.54 Å². The fourth-order valence-corrected chi connectivity index (χ4v) is 3.11. The zero-order valence-corrected chi connectivity index (χ0v) is 15.2. The monoisotopic (exact) mass is 354 g/mol. The molecule has 1 aliphatic carbocycles. The van der Waals surface area contributed by atoms with Gasteiger partial charge in [-0.2, -0.15) is 0 Å². The van der Waals surface area contributed by atoms with E-state index in [1.807, 2.05) is 12.1 Å². The topological polar surface area (TPSA) is 93.2 Å². The number of nitrogens with one attached hydrogen (secondary N) is 2. The minimum absolute atomic E-state index is 0.113. The quantitative estimate of drug-likeness (QED) is 0.880. The van der Waals surface area contributed by atoms with Crippen LogP contribution >= 0.6 is 0 Å². The lowest BCUT2D eigenvalue weighted by Gasteiger charge is -2.34. The lowest BCUT2D eigenvalue weighted by Crippen LogP contribution is -2.55. The van der Waals surface area contributed by atoms with Crippen LogP contribution in [0.5, 0.6) is 0 Å². The van der Waals surface area contributed by atoms with Crippen molar-refractivity contribution in [2.45, 2.75) is 44.9 Å². The number of anilines is 1. The normalized spacial score (nSPS) is 21.8. The number of alkyl carbamates (subject to hydrolysis) is 1. The molecule has 2 unspecified atom stereocenters. The molecule has 2 aromatic rings. The molecule has 0 fully saturated rings. The number of nitrogens with zero attached hydrogens (tertiary/aromatic N) is 2. The van der Waals surface area contributed by atoms with Gasteiger partial charge in [-0.15, -0.1) is 0 Å². The summed E-state index contributed by atoms with van der Waals surface area (Å²) in [4.78, 5) is 33.4. The van der Waals surface area contributed by atoms with Gasteiger partial charge in [0.15, 0.2) is 5.78 Å². The minimum Gasteiger partial charge on any atom is -0.444 e. The summed E-state index contributed by atoms with van der Waals surface area (Å²) in [6.07, 6.45) is 2.40. The Morgan fingerprint density at radius 2 is 1.96 bits per heavy atom. The van der Waals surface area contributed by atoms with Crippen LogP contribution in [0.15, 0.2) is 42.9 Å². The number of Topliss-reactive ketones (excluding diaryl/α,β-unsaturated/α-hetero) is 1. The van der Waals surface area contributed by atoms with E-state index in [-0.39, 0.29) is 5.78 Å². The number of ether oxygens (including phenoxy) is 1. The van der Waals surface area contributed by atoms with Crippen LogP contribution in [0, 0.1) is 0 Å². The van der Waals surface area contributed by atoms with Gasteiger partial charge in [-0.05, 0) is 39.3 Å². The summed E-state index contributed by atoms with van der Waals surface area (Å²) in [5, 5.41) is 6.01. The molecule has 0 radical (unpaired) electrons. The van der Waals surface area contributed by atoms with Crippen LogP contribution in [0.4, 0.5) is 10.6 Å². The molecule has 7 heteroatoms. The predicted octanol–water partition coefficient (Wildman–Crippen LogP) is 2.89. The third kappa shape index (κ3) is 3.37. The average Bonchev–Trinajstić information content (AvgIpc) is 2.76. The number of carbonyl (C=O) groups excluding carboxylic acids is 2. The van der Waals surface area contributed by atoms with Crippen molar-refractivity contribution in [3.63, 3.8) is 0 Å². The van der Waals surface area contributed by atoms with E-state index in [0.29, 0.717) is 11.4 Å². The van der Waals surface area contributed by atoms with E-state index in [1.165, 1.54) is 6.33 Å². The number of benzene rings is 1. The Bertz CT molecular complexity index is 832. The van der Waals surface area contributed by atoms with Gasteiger partial charge in [-0.3, -0.25) is 4.79 Å². The molecule has 1 aromatic heterocycles. The molecule has 2 atom stereocenters. The molecule has 2 N–H and O–H groups in total. The average molecular weight is 354 g/mol. The predicted molar refractivity (Wildman–Crippen MR) is 96.9 cm³/mol. The lowest BCUT2D eigenvalue weighted by molar-refractivity contribution is 0.0455. The summed E-state index contributed by atoms with van der Waals surface area (Å²) < 4.78 is 5.40. The minimum atomic E-state index is -0.985. The Kier molecular flexibility index (Phi) is 4.39. The van der Waals surface area contributed by atoms with E-state index in [4.69, 9.17) is 4.74 Å². The molecule has 1 amide bonds. The van der Waals surface area contributed by atoms with Crippen molar-refractivity contribution >= 4 is 17.7 Å². The number of ketones is 1. The first-order chi connectivity index (χ1) is 12.2. The molecule has 136 valence electrons. The maximum Gasteiger partial charge on any atom is 0.408 e. The maximum atomic E-state index is 13.0. The second-order valence-electron chi connectivity index (χ2n) is 7.41. The summed E-state index contributed by atoms with van der Waals surface area (Å²) in [5.41, 5.74) is -0.320. The molecule has 1 aromatic carbocycles. The Morgan fingerprint density at radius 3 is 2.62 bits per heavy atom. The highest BCUT2D eigenvalue weighted by atomic mass is 16.6. The molecule has 1 heterocycles. The van der Waals surface area contributed by atoms with Crippen molar-refractivity contribution in [1.29, 1.82) is 0 Å². The molecule has 26 heavy (non-hydrogen) atoms. The number of hydrogen-bond acceptors (Lipinski definition) is 6. The fraction of sp³-hybridized carbons (Fsp3) is 0.368. The third-order valence-electron chi connectivity index (χ3n) is 4.23. The fourth-order valence-electron chi connectivity index (χ4n) is 3.11. The van der Waals surface area contributed by atoms with E-state index in [2.05, 4.69) is 20.6 Å². The van der Waals surface area contributed by atoms with Gasteiger partial charge in [0.2, 0.25) is 0 Å². The highest BCUT2D eigenvalue weighted by Crippen LogP contribution is 2.38. The zero-order chi connectivity index (χ0) is 18.9. The Labute approximate surface area is 152 Å². The van der Waals surface area contributed by atoms with Crippen molar-refractivity contribution in [3.05, 3.63) is 54.0 Å². The van der Waals surface area contributed by atoms with Crippen LogP contribution in [0.25, 0.3) is 0 Å². The highest BCUT2D eigenvalue weighted by Gasteiger charge is 2.50. The lowest BCUT2D eigenvalue weighted by atomic mass is 9.90. The van der Waals surface area contributed by atoms with Gasteiger partial charge < -0.3 is 15.4 Å². The first kappa shape index (κ1) is 17.8. The van der Waals surface area contributed by atoms with Gasteiger partial charge in [0.1, 0.15) is 23.8 Å². The third-order valence-corrected chi connectivity index (χ3v) is 4.23. The van der Waals surface area contributed by atoms with E-state index < -0.39 is 23.3 Å². The summed E-state index contributed by atoms with van der Waals surface area (Å²) in [7, 11) is 0. The molecular weight excluding hydrogens is 332 g/mol. The number of rotatable bonds is 3. The summed E-state index contributed by atoms with van der Waals surface area (Å²) >= 11 is 0. The molecule has 0 saturated carbocycles. The van der Waals surface area contributed by atoms with Gasteiger partial charge in [0, 0.05) is 11.8 Å². The molecular formula is C19H22N4O3. The SMILES string of the molecule is CC(C)(C)OC(=O)NC1(C)c2ccccc2C(=O)C1Nc1ccncn1. The Morgan fingerprint density at radius 1 is 1.23 bits per heavy atom. The van der Waals surface area contributed by atoms with E-state index in [0.717, 1.165) is 5.56 Å². The molecule has 3 rings (SSSR count). The molecule has 0 aliphatic heterocycles. The smallest absolute Gasteiger partial charge is 0.408 e. The standard InChI is InChI=1S/C19H22N4O3/c1-18(2,3)26-17(25)23-19(4)13-8-6-5-7-12(13)15(24)16(19)22-14-9-10-20-11-21-14/h5-11,16H,1-4H3,(H,23,25)(H,20,21,22). The summed E-state index contributed by atoms with van der Waals surface area (Å²) in [5.74, 6) is 0.390. The van der Waals surface area contributed by atoms with Crippen LogP contribution in [-0.2, 0) is 10.3 Å². The largest absolute Gasteiger partial charge is 0.444 e. The zero-order valence-electron chi connectivity index (χ0n) is 15.2. The van der Waals surface area contributed by atoms with E-state index in [9.17, 15) is 9.59 Å². The maximum absolute atomic E-state index is 13.0. The summed E-state index contributed by atoms with van der Waals surface area (Å²) in [6.45, 7) is 7.18. The molecule has 1 aliphatic rings. The first-order valence-corrected chi connectivity index (χ1v) is 8.38. The van der Waals surface area contributed by atoms with Crippen molar-refractivity contribution in [2.75, 3.05) is 5.32 Å². The molecule has 7 nitrogen and oxygen atoms in total. The van der Waals surface area contributed by atoms with Gasteiger partial charge in [-0.25, -0.2) is 14.8 Å². The second-order valence-corrected chi connectivity index (χ2v) is 7.41. The van der Waals surface area contributed by atoms with Crippen LogP contribution in [0.3, 0.4) is 0 Å². The van der Waals surface area contributed by atoms with E-state index in [1.54, 1.807) is 52.1 Å². The second kappa shape index (κ2) is 6.40. The molecule has 0 saturated heterocycles. The van der Waals surface area contributed by atoms with Crippen molar-refractivity contribution in [1.82, 2.24) is 15.3 Å². The first-order valence-electron chi connectivity index (χ1n) is 8.38. The number of carbonyl (C=O) groups is 2. The number of amides is 1. The molecule has 0 bridgehead atoms. The van der Waals surface area contributed by atoms with Crippen molar-refractivity contribution < 1.29 is 14.3 Å². The number of fused-ring (bicyclic) bond motifs is 1. The van der Waals surface area contributed by atoms with Gasteiger partial charge in [0.25, 0.3) is 0 Å². The van der Waals surface area contributed by atoms with Crippen LogP contribution in [0.1, 0.15) is 43.6 Å². The van der Waals surface area contributed by atoms with Gasteiger partial charge in [-0.1, -0.05) is 24.3 Å². The van der Waals surface area contributed by atoms with Crippen LogP contribution in [-0.4, -0.2) is 33.5 Å². The van der Waals surface area contributed by atoms with Crippen molar-refractivity contribution in [2.24, 2.45) is 0 Å². The van der Waals surface area contributed by atoms with E-state index >= 15 is 0 Å². The Balaban J connectivity index is 1.96. The number of hydrogen-bond donors (Lipinski definition) is 2. The van der Waals surface area contributed by atoms with Crippen LogP contribution < -0.4 is 10.6 Å². The van der Waals surface area contributed by atoms with Crippen LogP contribution in [0.2, 0.25) is 0 Å². The summed E-state index contributed by atoms with van der Waals surface area (Å²) in [6, 6.07) is 8.19. The highest BCUT2D eigenvalue weighted by molar-refractivity contribution is 6.08.